The van der Waals surface area contributed by atoms with Gasteiger partial charge in [-0.05, 0) is 19.8 Å². The Balaban J connectivity index is 4.37. The fraction of sp³-hybridized carbons (Fsp3) is 0.929. The Labute approximate surface area is 146 Å². The summed E-state index contributed by atoms with van der Waals surface area (Å²) in [6.07, 6.45) is -4.23. The first kappa shape index (κ1) is 24.4. The second kappa shape index (κ2) is 11.9. The van der Waals surface area contributed by atoms with Gasteiger partial charge in [0.25, 0.3) is 0 Å². The van der Waals surface area contributed by atoms with Gasteiger partial charge in [0, 0.05) is 0 Å². The molecular weight excluding hydrogens is 359 g/mol. The van der Waals surface area contributed by atoms with Gasteiger partial charge in [-0.2, -0.15) is 0 Å². The number of aliphatic hydroxyl groups is 4. The van der Waals surface area contributed by atoms with Crippen molar-refractivity contribution in [1.82, 2.24) is 0 Å². The first-order chi connectivity index (χ1) is 11.5. The number of ether oxygens (including phenoxy) is 1. The third-order valence-electron chi connectivity index (χ3n) is 3.50. The summed E-state index contributed by atoms with van der Waals surface area (Å²) in [7, 11) is -4.87. The van der Waals surface area contributed by atoms with Crippen LogP contribution in [0.4, 0.5) is 0 Å². The van der Waals surface area contributed by atoms with E-state index >= 15 is 0 Å². The normalized spacial score (nSPS) is 18.2. The topological polar surface area (TPSA) is 174 Å². The molecule has 0 fully saturated rings. The van der Waals surface area contributed by atoms with E-state index in [0.717, 1.165) is 25.7 Å². The summed E-state index contributed by atoms with van der Waals surface area (Å²) in [5.74, 6) is -1.17. The van der Waals surface area contributed by atoms with E-state index in [1.165, 1.54) is 0 Å². The van der Waals surface area contributed by atoms with Crippen molar-refractivity contribution in [1.29, 1.82) is 0 Å². The summed E-state index contributed by atoms with van der Waals surface area (Å²) in [5.41, 5.74) is 0. The van der Waals surface area contributed by atoms with Gasteiger partial charge in [0.2, 0.25) is 0 Å². The van der Waals surface area contributed by atoms with E-state index < -0.39 is 50.9 Å². The van der Waals surface area contributed by atoms with Gasteiger partial charge in [-0.1, -0.05) is 26.2 Å². The fourth-order valence-corrected chi connectivity index (χ4v) is 2.36. The highest BCUT2D eigenvalue weighted by atomic mass is 31.2. The third kappa shape index (κ3) is 10.9. The quantitative estimate of drug-likeness (QED) is 0.136. The minimum atomic E-state index is -4.87. The number of aliphatic hydroxyl groups excluding tert-OH is 4. The van der Waals surface area contributed by atoms with Crippen LogP contribution in [0, 0.1) is 0 Å². The van der Waals surface area contributed by atoms with E-state index in [1.807, 2.05) is 0 Å². The molecule has 6 N–H and O–H groups in total. The second-order valence-corrected chi connectivity index (χ2v) is 7.12. The van der Waals surface area contributed by atoms with Crippen molar-refractivity contribution in [2.75, 3.05) is 6.61 Å². The van der Waals surface area contributed by atoms with Crippen LogP contribution in [0.15, 0.2) is 0 Å². The molecule has 0 aromatic carbocycles. The maximum atomic E-state index is 11.7. The van der Waals surface area contributed by atoms with Crippen LogP contribution in [-0.2, 0) is 18.6 Å². The number of hydrogen-bond acceptors (Lipinski definition) is 8. The van der Waals surface area contributed by atoms with Gasteiger partial charge in [-0.3, -0.25) is 4.52 Å². The maximum absolute atomic E-state index is 11.7. The number of phosphoric acid groups is 1. The maximum Gasteiger partial charge on any atom is 0.469 e. The van der Waals surface area contributed by atoms with Crippen LogP contribution in [0.5, 0.6) is 0 Å². The molecule has 0 rings (SSSR count). The van der Waals surface area contributed by atoms with Gasteiger partial charge < -0.3 is 34.9 Å². The lowest BCUT2D eigenvalue weighted by Crippen LogP contribution is -2.49. The Morgan fingerprint density at radius 1 is 1.04 bits per heavy atom. The predicted molar refractivity (Wildman–Crippen MR) is 86.3 cm³/mol. The highest BCUT2D eigenvalue weighted by molar-refractivity contribution is 7.46. The molecule has 0 radical (unpaired) electrons. The molecule has 0 aliphatic carbocycles. The third-order valence-corrected chi connectivity index (χ3v) is 3.99. The first-order valence-electron chi connectivity index (χ1n) is 8.12. The van der Waals surface area contributed by atoms with E-state index in [9.17, 15) is 29.8 Å². The van der Waals surface area contributed by atoms with Gasteiger partial charge in [0.05, 0.1) is 12.7 Å². The number of rotatable bonds is 13. The minimum Gasteiger partial charge on any atom is -0.461 e. The van der Waals surface area contributed by atoms with Gasteiger partial charge in [0.15, 0.2) is 6.10 Å². The molecule has 25 heavy (non-hydrogen) atoms. The molecule has 0 saturated heterocycles. The lowest BCUT2D eigenvalue weighted by molar-refractivity contribution is -0.174. The highest BCUT2D eigenvalue weighted by Gasteiger charge is 2.36. The average Bonchev–Trinajstić information content (AvgIpc) is 2.53. The molecular formula is C14H29O10P. The summed E-state index contributed by atoms with van der Waals surface area (Å²) in [5, 5.41) is 38.5. The van der Waals surface area contributed by atoms with Crippen LogP contribution in [0.25, 0.3) is 0 Å². The molecule has 0 aromatic rings. The molecule has 5 atom stereocenters. The molecule has 150 valence electrons. The van der Waals surface area contributed by atoms with Gasteiger partial charge in [-0.25, -0.2) is 9.36 Å². The van der Waals surface area contributed by atoms with E-state index in [-0.39, 0.29) is 0 Å². The van der Waals surface area contributed by atoms with Crippen molar-refractivity contribution >= 4 is 13.8 Å². The van der Waals surface area contributed by atoms with E-state index in [1.54, 1.807) is 6.92 Å². The average molecular weight is 388 g/mol. The first-order valence-corrected chi connectivity index (χ1v) is 9.65. The molecule has 0 heterocycles. The summed E-state index contributed by atoms with van der Waals surface area (Å²) < 4.78 is 19.5. The number of unbranched alkanes of at least 4 members (excludes halogenated alkanes) is 3. The molecule has 10 nitrogen and oxygen atoms in total. The zero-order valence-electron chi connectivity index (χ0n) is 14.4. The molecule has 11 heteroatoms. The van der Waals surface area contributed by atoms with Crippen LogP contribution < -0.4 is 0 Å². The largest absolute Gasteiger partial charge is 0.469 e. The van der Waals surface area contributed by atoms with Crippen LogP contribution >= 0.6 is 7.82 Å². The van der Waals surface area contributed by atoms with Crippen molar-refractivity contribution in [2.45, 2.75) is 76.5 Å². The van der Waals surface area contributed by atoms with Gasteiger partial charge in [0.1, 0.15) is 18.3 Å². The van der Waals surface area contributed by atoms with Crippen molar-refractivity contribution in [3.8, 4) is 0 Å². The van der Waals surface area contributed by atoms with Crippen LogP contribution in [-0.4, -0.2) is 73.3 Å². The Bertz CT molecular complexity index is 426. The molecule has 0 aliphatic rings. The highest BCUT2D eigenvalue weighted by Crippen LogP contribution is 2.35. The van der Waals surface area contributed by atoms with Crippen LogP contribution in [0.2, 0.25) is 0 Å². The minimum absolute atomic E-state index is 0.494. The Kier molecular flexibility index (Phi) is 11.6. The summed E-state index contributed by atoms with van der Waals surface area (Å²) in [6.45, 7) is 2.69. The van der Waals surface area contributed by atoms with Gasteiger partial charge in [-0.15, -0.1) is 0 Å². The SMILES string of the molecule is CCCCCCC(C)OC(=O)[C@H](O)[C@@H](O)[C@H](O)[C@H](O)COP(=O)(O)O. The van der Waals surface area contributed by atoms with Crippen LogP contribution in [0.1, 0.15) is 46.0 Å². The lowest BCUT2D eigenvalue weighted by Gasteiger charge is -2.26. The van der Waals surface area contributed by atoms with Crippen molar-refractivity contribution < 1.29 is 48.8 Å². The van der Waals surface area contributed by atoms with Gasteiger partial charge >= 0.3 is 13.8 Å². The standard InChI is InChI=1S/C14H29O10P/c1-3-4-5-6-7-9(2)24-14(19)13(18)12(17)11(16)10(15)8-23-25(20,21)22/h9-13,15-18H,3-8H2,1-2H3,(H2,20,21,22)/t9?,10-,11-,12+,13-/m1/s1. The summed E-state index contributed by atoms with van der Waals surface area (Å²) in [4.78, 5) is 28.7. The van der Waals surface area contributed by atoms with E-state index in [0.29, 0.717) is 6.42 Å². The predicted octanol–water partition coefficient (Wildman–Crippen LogP) is -0.559. The van der Waals surface area contributed by atoms with Crippen molar-refractivity contribution in [3.05, 3.63) is 0 Å². The fourth-order valence-electron chi connectivity index (χ4n) is 2.01. The van der Waals surface area contributed by atoms with Crippen molar-refractivity contribution in [2.24, 2.45) is 0 Å². The molecule has 0 aliphatic heterocycles. The Hall–Kier alpha value is -0.580. The number of carbonyl (C=O) groups excluding carboxylic acids is 1. The Morgan fingerprint density at radius 2 is 1.64 bits per heavy atom. The molecule has 0 spiro atoms. The molecule has 0 bridgehead atoms. The smallest absolute Gasteiger partial charge is 0.461 e. The van der Waals surface area contributed by atoms with Crippen LogP contribution in [0.3, 0.4) is 0 Å². The molecule has 0 aromatic heterocycles. The monoisotopic (exact) mass is 388 g/mol. The number of carbonyl (C=O) groups is 1. The molecule has 0 saturated carbocycles. The molecule has 1 unspecified atom stereocenters. The second-order valence-electron chi connectivity index (χ2n) is 5.88. The Morgan fingerprint density at radius 3 is 2.16 bits per heavy atom. The lowest BCUT2D eigenvalue weighted by atomic mass is 10.0. The zero-order valence-corrected chi connectivity index (χ0v) is 15.3. The van der Waals surface area contributed by atoms with E-state index in [4.69, 9.17) is 14.5 Å². The zero-order chi connectivity index (χ0) is 19.6. The number of esters is 1. The number of phosphoric ester groups is 1. The van der Waals surface area contributed by atoms with Crippen molar-refractivity contribution in [3.63, 3.8) is 0 Å². The molecule has 0 amide bonds. The number of hydrogen-bond donors (Lipinski definition) is 6. The summed E-state index contributed by atoms with van der Waals surface area (Å²) in [6, 6.07) is 0. The van der Waals surface area contributed by atoms with E-state index in [2.05, 4.69) is 11.4 Å². The summed E-state index contributed by atoms with van der Waals surface area (Å²) >= 11 is 0.